The molecule has 1 aliphatic rings. The van der Waals surface area contributed by atoms with Gasteiger partial charge in [-0.15, -0.1) is 12.4 Å². The Balaban J connectivity index is 0.00000300. The Kier molecular flexibility index (Phi) is 9.49. The number of nitrogens with zero attached hydrogens (tertiary/aromatic N) is 1. The first-order chi connectivity index (χ1) is 13.7. The van der Waals surface area contributed by atoms with Crippen LogP contribution in [0.2, 0.25) is 0 Å². The summed E-state index contributed by atoms with van der Waals surface area (Å²) >= 11 is 0. The number of carbonyl (C=O) groups is 1. The zero-order valence-corrected chi connectivity index (χ0v) is 18.3. The highest BCUT2D eigenvalue weighted by molar-refractivity contribution is 5.94. The van der Waals surface area contributed by atoms with Crippen molar-refractivity contribution in [1.29, 1.82) is 0 Å². The van der Waals surface area contributed by atoms with Crippen molar-refractivity contribution in [2.75, 3.05) is 26.2 Å². The number of nitrogens with one attached hydrogen (secondary N) is 1. The van der Waals surface area contributed by atoms with Crippen molar-refractivity contribution in [2.24, 2.45) is 0 Å². The maximum absolute atomic E-state index is 12.8. The molecule has 2 aromatic rings. The molecule has 0 bridgehead atoms. The van der Waals surface area contributed by atoms with E-state index in [4.69, 9.17) is 4.74 Å². The highest BCUT2D eigenvalue weighted by Gasteiger charge is 2.23. The van der Waals surface area contributed by atoms with Crippen molar-refractivity contribution in [3.8, 4) is 5.75 Å². The van der Waals surface area contributed by atoms with Crippen LogP contribution in [0.3, 0.4) is 0 Å². The Morgan fingerprint density at radius 3 is 2.52 bits per heavy atom. The maximum Gasteiger partial charge on any atom is 0.251 e. The lowest BCUT2D eigenvalue weighted by atomic mass is 10.0. The van der Waals surface area contributed by atoms with E-state index in [2.05, 4.69) is 48.3 Å². The van der Waals surface area contributed by atoms with Gasteiger partial charge in [-0.2, -0.15) is 0 Å². The number of halogens is 1. The van der Waals surface area contributed by atoms with E-state index < -0.39 is 0 Å². The molecule has 1 aliphatic heterocycles. The van der Waals surface area contributed by atoms with Crippen LogP contribution in [0.15, 0.2) is 48.5 Å². The molecule has 5 heteroatoms. The van der Waals surface area contributed by atoms with Gasteiger partial charge in [0.2, 0.25) is 0 Å². The van der Waals surface area contributed by atoms with Gasteiger partial charge < -0.3 is 10.1 Å². The smallest absolute Gasteiger partial charge is 0.251 e. The number of ether oxygens (including phenoxy) is 1. The predicted molar refractivity (Wildman–Crippen MR) is 121 cm³/mol. The fraction of sp³-hybridized carbons (Fsp3) is 0.458. The number of hydrogen-bond acceptors (Lipinski definition) is 3. The molecule has 1 amide bonds. The van der Waals surface area contributed by atoms with Gasteiger partial charge >= 0.3 is 0 Å². The van der Waals surface area contributed by atoms with Gasteiger partial charge in [-0.25, -0.2) is 0 Å². The number of benzene rings is 2. The second-order valence-electron chi connectivity index (χ2n) is 7.61. The van der Waals surface area contributed by atoms with Crippen molar-refractivity contribution < 1.29 is 9.53 Å². The topological polar surface area (TPSA) is 41.6 Å². The van der Waals surface area contributed by atoms with Gasteiger partial charge in [0.05, 0.1) is 12.6 Å². The molecular formula is C24H33ClN2O2. The number of rotatable bonds is 8. The molecule has 158 valence electrons. The van der Waals surface area contributed by atoms with E-state index in [9.17, 15) is 4.79 Å². The third kappa shape index (κ3) is 6.76. The minimum absolute atomic E-state index is 0. The lowest BCUT2D eigenvalue weighted by Crippen LogP contribution is -2.40. The lowest BCUT2D eigenvalue weighted by Gasteiger charge is -2.35. The van der Waals surface area contributed by atoms with Crippen molar-refractivity contribution >= 4 is 18.3 Å². The predicted octanol–water partition coefficient (Wildman–Crippen LogP) is 5.16. The van der Waals surface area contributed by atoms with Crippen molar-refractivity contribution in [2.45, 2.75) is 45.6 Å². The van der Waals surface area contributed by atoms with Gasteiger partial charge in [0, 0.05) is 12.1 Å². The standard InChI is InChI=1S/C24H32N2O2.ClH/c1-3-16-28-22-9-7-8-21(17-22)24(27)25-18-23(26-14-5-4-6-15-26)20-12-10-19(2)11-13-20;/h7-13,17,23H,3-6,14-16,18H2,1-2H3,(H,25,27);1H. The molecule has 4 nitrogen and oxygen atoms in total. The van der Waals surface area contributed by atoms with Gasteiger partial charge in [-0.05, 0) is 63.0 Å². The summed E-state index contributed by atoms with van der Waals surface area (Å²) in [5.41, 5.74) is 3.18. The third-order valence-corrected chi connectivity index (χ3v) is 5.32. The highest BCUT2D eigenvalue weighted by Crippen LogP contribution is 2.25. The summed E-state index contributed by atoms with van der Waals surface area (Å²) < 4.78 is 5.66. The van der Waals surface area contributed by atoms with E-state index in [1.165, 1.54) is 30.4 Å². The highest BCUT2D eigenvalue weighted by atomic mass is 35.5. The summed E-state index contributed by atoms with van der Waals surface area (Å²) in [7, 11) is 0. The van der Waals surface area contributed by atoms with Crippen LogP contribution in [0.5, 0.6) is 5.75 Å². The zero-order chi connectivity index (χ0) is 19.8. The van der Waals surface area contributed by atoms with Gasteiger partial charge in [0.25, 0.3) is 5.91 Å². The molecule has 1 saturated heterocycles. The van der Waals surface area contributed by atoms with Crippen LogP contribution >= 0.6 is 12.4 Å². The lowest BCUT2D eigenvalue weighted by molar-refractivity contribution is 0.0924. The summed E-state index contributed by atoms with van der Waals surface area (Å²) in [6.45, 7) is 7.64. The maximum atomic E-state index is 12.8. The van der Waals surface area contributed by atoms with Crippen LogP contribution < -0.4 is 10.1 Å². The van der Waals surface area contributed by atoms with Gasteiger partial charge in [0.15, 0.2) is 0 Å². The van der Waals surface area contributed by atoms with E-state index in [0.717, 1.165) is 25.3 Å². The first-order valence-corrected chi connectivity index (χ1v) is 10.5. The minimum atomic E-state index is -0.0453. The monoisotopic (exact) mass is 416 g/mol. The minimum Gasteiger partial charge on any atom is -0.494 e. The van der Waals surface area contributed by atoms with E-state index in [1.807, 2.05) is 24.3 Å². The first kappa shape index (κ1) is 23.2. The molecule has 0 spiro atoms. The Bertz CT molecular complexity index is 758. The quantitative estimate of drug-likeness (QED) is 0.646. The van der Waals surface area contributed by atoms with Crippen LogP contribution in [0.4, 0.5) is 0 Å². The first-order valence-electron chi connectivity index (χ1n) is 10.5. The van der Waals surface area contributed by atoms with Crippen LogP contribution in [0.25, 0.3) is 0 Å². The van der Waals surface area contributed by atoms with Gasteiger partial charge in [-0.1, -0.05) is 49.2 Å². The molecule has 1 N–H and O–H groups in total. The molecule has 0 aromatic heterocycles. The number of carbonyl (C=O) groups excluding carboxylic acids is 1. The number of likely N-dealkylation sites (tertiary alicyclic amines) is 1. The summed E-state index contributed by atoms with van der Waals surface area (Å²) in [5.74, 6) is 0.705. The third-order valence-electron chi connectivity index (χ3n) is 5.32. The normalized spacial score (nSPS) is 15.2. The SMILES string of the molecule is CCCOc1cccc(C(=O)NCC(c2ccc(C)cc2)N2CCCCC2)c1.Cl. The van der Waals surface area contributed by atoms with Crippen molar-refractivity contribution in [3.63, 3.8) is 0 Å². The Labute approximate surface area is 181 Å². The summed E-state index contributed by atoms with van der Waals surface area (Å²) in [5, 5.41) is 3.16. The Hall–Kier alpha value is -2.04. The van der Waals surface area contributed by atoms with Crippen LogP contribution in [-0.4, -0.2) is 37.0 Å². The Morgan fingerprint density at radius 1 is 1.10 bits per heavy atom. The summed E-state index contributed by atoms with van der Waals surface area (Å²) in [4.78, 5) is 15.3. The molecule has 1 unspecified atom stereocenters. The van der Waals surface area contributed by atoms with E-state index in [0.29, 0.717) is 18.7 Å². The zero-order valence-electron chi connectivity index (χ0n) is 17.5. The molecule has 0 saturated carbocycles. The average molecular weight is 417 g/mol. The largest absolute Gasteiger partial charge is 0.494 e. The molecule has 0 radical (unpaired) electrons. The van der Waals surface area contributed by atoms with Crippen molar-refractivity contribution in [1.82, 2.24) is 10.2 Å². The number of piperidine rings is 1. The van der Waals surface area contributed by atoms with Crippen molar-refractivity contribution in [3.05, 3.63) is 65.2 Å². The molecule has 2 aromatic carbocycles. The molecule has 1 fully saturated rings. The van der Waals surface area contributed by atoms with Crippen LogP contribution in [-0.2, 0) is 0 Å². The van der Waals surface area contributed by atoms with E-state index in [1.54, 1.807) is 0 Å². The summed E-state index contributed by atoms with van der Waals surface area (Å²) in [6.07, 6.45) is 4.71. The second kappa shape index (κ2) is 11.8. The average Bonchev–Trinajstić information content (AvgIpc) is 2.74. The molecule has 0 aliphatic carbocycles. The number of aryl methyl sites for hydroxylation is 1. The van der Waals surface area contributed by atoms with Crippen LogP contribution in [0.1, 0.15) is 60.1 Å². The van der Waals surface area contributed by atoms with E-state index >= 15 is 0 Å². The van der Waals surface area contributed by atoms with E-state index in [-0.39, 0.29) is 24.4 Å². The van der Waals surface area contributed by atoms with Gasteiger partial charge in [0.1, 0.15) is 5.75 Å². The fourth-order valence-electron chi connectivity index (χ4n) is 3.71. The second-order valence-corrected chi connectivity index (χ2v) is 7.61. The van der Waals surface area contributed by atoms with Gasteiger partial charge in [-0.3, -0.25) is 9.69 Å². The molecular weight excluding hydrogens is 384 g/mol. The Morgan fingerprint density at radius 2 is 1.83 bits per heavy atom. The molecule has 1 heterocycles. The number of amides is 1. The molecule has 3 rings (SSSR count). The summed E-state index contributed by atoms with van der Waals surface area (Å²) in [6, 6.07) is 16.4. The molecule has 1 atom stereocenters. The van der Waals surface area contributed by atoms with Crippen LogP contribution in [0, 0.1) is 6.92 Å². The molecule has 29 heavy (non-hydrogen) atoms. The number of hydrogen-bond donors (Lipinski definition) is 1. The fourth-order valence-corrected chi connectivity index (χ4v) is 3.71.